The number of hydrogen-bond acceptors (Lipinski definition) is 6. The number of fused-ring (bicyclic) bond motifs is 12. The first-order valence-electron chi connectivity index (χ1n) is 26.1. The quantitative estimate of drug-likeness (QED) is 0.158. The van der Waals surface area contributed by atoms with Gasteiger partial charge in [0.2, 0.25) is 0 Å². The molecular weight excluding hydrogens is 945 g/mol. The Balaban J connectivity index is 0.789. The Hall–Kier alpha value is -10.2. The molecule has 16 rings (SSSR count). The molecule has 15 aromatic rings. The minimum Gasteiger partial charge on any atom is -0.454 e. The van der Waals surface area contributed by atoms with Crippen LogP contribution in [0.2, 0.25) is 0 Å². The molecule has 8 nitrogen and oxygen atoms in total. The molecule has 0 amide bonds. The van der Waals surface area contributed by atoms with Crippen molar-refractivity contribution < 1.29 is 8.83 Å². The Labute approximate surface area is 441 Å². The van der Waals surface area contributed by atoms with Crippen LogP contribution in [0.5, 0.6) is 0 Å². The molecule has 0 aliphatic heterocycles. The van der Waals surface area contributed by atoms with Crippen molar-refractivity contribution in [2.45, 2.75) is 13.3 Å². The molecule has 1 unspecified atom stereocenters. The van der Waals surface area contributed by atoms with Crippen LogP contribution in [-0.2, 0) is 6.42 Å². The summed E-state index contributed by atoms with van der Waals surface area (Å²) in [5, 5.41) is 5.39. The van der Waals surface area contributed by atoms with Gasteiger partial charge in [-0.15, -0.1) is 0 Å². The molecule has 0 saturated heterocycles. The SMILES string of the molecule is CC1C=C(n2c3ccc(-c4ccccc4-c4ccccn4)cc3c3ncccc32)c2oc3ccc(-c4ccc5c(c4)c4ncccc4n5-c4cccc5c4oc4ccc(-c6ccccc6-c6ccccn6)cc45)cc3c2C1. The third-order valence-electron chi connectivity index (χ3n) is 15.7. The normalized spacial score (nSPS) is 13.7. The molecule has 7 aromatic carbocycles. The van der Waals surface area contributed by atoms with E-state index < -0.39 is 0 Å². The molecule has 8 heteroatoms. The molecule has 0 saturated carbocycles. The summed E-state index contributed by atoms with van der Waals surface area (Å²) in [5.41, 5.74) is 22.6. The summed E-state index contributed by atoms with van der Waals surface area (Å²) in [4.78, 5) is 19.4. The van der Waals surface area contributed by atoms with Crippen LogP contribution < -0.4 is 0 Å². The largest absolute Gasteiger partial charge is 0.454 e. The maximum Gasteiger partial charge on any atom is 0.159 e. The summed E-state index contributed by atoms with van der Waals surface area (Å²) in [6.07, 6.45) is 10.7. The lowest BCUT2D eigenvalue weighted by Gasteiger charge is -2.20. The predicted molar refractivity (Wildman–Crippen MR) is 312 cm³/mol. The summed E-state index contributed by atoms with van der Waals surface area (Å²) in [7, 11) is 0. The lowest BCUT2D eigenvalue weighted by molar-refractivity contribution is 0.572. The van der Waals surface area contributed by atoms with E-state index in [1.807, 2.05) is 61.2 Å². The fraction of sp³-hybridized carbons (Fsp3) is 0.0435. The monoisotopic (exact) mass is 988 g/mol. The number of benzene rings is 7. The second-order valence-corrected chi connectivity index (χ2v) is 20.2. The van der Waals surface area contributed by atoms with Gasteiger partial charge in [-0.2, -0.15) is 0 Å². The Kier molecular flexibility index (Phi) is 9.51. The zero-order valence-corrected chi connectivity index (χ0v) is 41.7. The lowest BCUT2D eigenvalue weighted by Crippen LogP contribution is -2.10. The highest BCUT2D eigenvalue weighted by Crippen LogP contribution is 2.45. The van der Waals surface area contributed by atoms with E-state index >= 15 is 0 Å². The highest BCUT2D eigenvalue weighted by atomic mass is 16.3. The number of aromatic nitrogens is 6. The number of pyridine rings is 4. The third-order valence-corrected chi connectivity index (χ3v) is 15.7. The minimum atomic E-state index is 0.261. The van der Waals surface area contributed by atoms with Gasteiger partial charge in [0.15, 0.2) is 11.3 Å². The van der Waals surface area contributed by atoms with Crippen LogP contribution in [0.15, 0.2) is 240 Å². The van der Waals surface area contributed by atoms with Gasteiger partial charge in [-0.25, -0.2) is 0 Å². The van der Waals surface area contributed by atoms with Crippen LogP contribution >= 0.6 is 0 Å². The van der Waals surface area contributed by atoms with Gasteiger partial charge in [-0.1, -0.05) is 110 Å². The molecule has 1 atom stereocenters. The number of rotatable bonds is 7. The van der Waals surface area contributed by atoms with Gasteiger partial charge in [-0.05, 0) is 149 Å². The molecule has 1 aliphatic rings. The summed E-state index contributed by atoms with van der Waals surface area (Å²) in [6.45, 7) is 2.30. The summed E-state index contributed by atoms with van der Waals surface area (Å²) < 4.78 is 18.5. The highest BCUT2D eigenvalue weighted by molar-refractivity contribution is 6.14. The molecule has 0 radical (unpaired) electrons. The summed E-state index contributed by atoms with van der Waals surface area (Å²) in [5.74, 6) is 1.16. The fourth-order valence-corrected chi connectivity index (χ4v) is 12.3. The van der Waals surface area contributed by atoms with Gasteiger partial charge < -0.3 is 18.0 Å². The standard InChI is InChI=1S/C69H44N6O2/c1-41-35-53-52-37-43(25-29-65(52)77-69(53)63(36-41)75-59-28-24-44(40-55(59)67-61(75)22-12-34-73-67)46-13-2-4-15-48(46)56-18-6-8-31-70-56)42-23-27-58-54(38-42)66-60(21-11-33-72-66)74(58)62-20-10-17-50-51-39-45(26-30-64(51)76-68(50)62)47-14-3-5-16-49(47)57-19-7-9-32-71-57/h2-34,36-41H,35H2,1H3. The molecule has 0 spiro atoms. The lowest BCUT2D eigenvalue weighted by atomic mass is 9.90. The molecule has 362 valence electrons. The van der Waals surface area contributed by atoms with Crippen molar-refractivity contribution in [3.8, 4) is 61.6 Å². The van der Waals surface area contributed by atoms with Gasteiger partial charge in [0, 0.05) is 68.4 Å². The molecule has 77 heavy (non-hydrogen) atoms. The van der Waals surface area contributed by atoms with E-state index in [9.17, 15) is 0 Å². The number of allylic oxidation sites excluding steroid dienone is 1. The van der Waals surface area contributed by atoms with Crippen molar-refractivity contribution >= 4 is 82.5 Å². The van der Waals surface area contributed by atoms with Crippen molar-refractivity contribution in [2.24, 2.45) is 5.92 Å². The van der Waals surface area contributed by atoms with E-state index in [0.29, 0.717) is 0 Å². The molecule has 8 aromatic heterocycles. The van der Waals surface area contributed by atoms with Gasteiger partial charge in [-0.3, -0.25) is 19.9 Å². The molecule has 1 aliphatic carbocycles. The van der Waals surface area contributed by atoms with E-state index in [2.05, 4.69) is 191 Å². The first-order chi connectivity index (χ1) is 38.1. The third kappa shape index (κ3) is 6.71. The zero-order valence-electron chi connectivity index (χ0n) is 41.7. The van der Waals surface area contributed by atoms with E-state index in [1.165, 1.54) is 5.56 Å². The Morgan fingerprint density at radius 3 is 1.60 bits per heavy atom. The first kappa shape index (κ1) is 43.2. The van der Waals surface area contributed by atoms with Crippen LogP contribution in [0, 0.1) is 5.92 Å². The van der Waals surface area contributed by atoms with Crippen molar-refractivity contribution in [3.05, 3.63) is 242 Å². The van der Waals surface area contributed by atoms with Gasteiger partial charge in [0.1, 0.15) is 11.2 Å². The zero-order chi connectivity index (χ0) is 50.7. The number of para-hydroxylation sites is 1. The first-order valence-corrected chi connectivity index (χ1v) is 26.1. The van der Waals surface area contributed by atoms with Gasteiger partial charge in [0.25, 0.3) is 0 Å². The fourth-order valence-electron chi connectivity index (χ4n) is 12.3. The minimum absolute atomic E-state index is 0.261. The van der Waals surface area contributed by atoms with Crippen LogP contribution in [0.25, 0.3) is 144 Å². The van der Waals surface area contributed by atoms with E-state index in [-0.39, 0.29) is 5.92 Å². The van der Waals surface area contributed by atoms with Crippen LogP contribution in [0.1, 0.15) is 18.2 Å². The Morgan fingerprint density at radius 2 is 0.935 bits per heavy atom. The van der Waals surface area contributed by atoms with Crippen LogP contribution in [0.3, 0.4) is 0 Å². The van der Waals surface area contributed by atoms with Crippen LogP contribution in [0.4, 0.5) is 0 Å². The highest BCUT2D eigenvalue weighted by Gasteiger charge is 2.29. The summed E-state index contributed by atoms with van der Waals surface area (Å²) >= 11 is 0. The number of hydrogen-bond donors (Lipinski definition) is 0. The van der Waals surface area contributed by atoms with E-state index in [4.69, 9.17) is 23.8 Å². The molecule has 0 bridgehead atoms. The van der Waals surface area contributed by atoms with E-state index in [1.54, 1.807) is 0 Å². The summed E-state index contributed by atoms with van der Waals surface area (Å²) in [6, 6.07) is 70.5. The van der Waals surface area contributed by atoms with E-state index in [0.717, 1.165) is 156 Å². The Bertz CT molecular complexity index is 4920. The van der Waals surface area contributed by atoms with Gasteiger partial charge >= 0.3 is 0 Å². The van der Waals surface area contributed by atoms with Crippen molar-refractivity contribution in [2.75, 3.05) is 0 Å². The topological polar surface area (TPSA) is 87.7 Å². The average molecular weight is 989 g/mol. The van der Waals surface area contributed by atoms with Gasteiger partial charge in [0.05, 0.1) is 55.9 Å². The van der Waals surface area contributed by atoms with Crippen LogP contribution in [-0.4, -0.2) is 29.1 Å². The predicted octanol–water partition coefficient (Wildman–Crippen LogP) is 17.5. The molecule has 0 fully saturated rings. The maximum absolute atomic E-state index is 6.97. The second-order valence-electron chi connectivity index (χ2n) is 20.2. The average Bonchev–Trinajstić information content (AvgIpc) is 4.29. The van der Waals surface area contributed by atoms with Crippen molar-refractivity contribution in [1.82, 2.24) is 29.1 Å². The molecular formula is C69H44N6O2. The molecule has 8 heterocycles. The smallest absolute Gasteiger partial charge is 0.159 e. The molecule has 0 N–H and O–H groups in total. The number of furan rings is 2. The second kappa shape index (κ2) is 16.9. The maximum atomic E-state index is 6.97. The van der Waals surface area contributed by atoms with Crippen molar-refractivity contribution in [1.29, 1.82) is 0 Å². The van der Waals surface area contributed by atoms with Crippen molar-refractivity contribution in [3.63, 3.8) is 0 Å². The number of nitrogens with zero attached hydrogens (tertiary/aromatic N) is 6. The Morgan fingerprint density at radius 1 is 0.403 bits per heavy atom.